The number of imidazole rings is 1. The van der Waals surface area contributed by atoms with Gasteiger partial charge in [-0.1, -0.05) is 0 Å². The minimum Gasteiger partial charge on any atom is -0.382 e. The van der Waals surface area contributed by atoms with Gasteiger partial charge in [0.2, 0.25) is 0 Å². The lowest BCUT2D eigenvalue weighted by Gasteiger charge is -2.45. The van der Waals surface area contributed by atoms with Gasteiger partial charge in [-0.15, -0.1) is 0 Å². The quantitative estimate of drug-likeness (QED) is 0.623. The smallest absolute Gasteiger partial charge is 0.169 e. The van der Waals surface area contributed by atoms with E-state index in [0.29, 0.717) is 35.6 Å². The zero-order valence-electron chi connectivity index (χ0n) is 18.8. The number of carbonyl (C=O) groups is 1. The van der Waals surface area contributed by atoms with E-state index in [4.69, 9.17) is 19.9 Å². The van der Waals surface area contributed by atoms with E-state index in [-0.39, 0.29) is 12.0 Å². The van der Waals surface area contributed by atoms with Crippen LogP contribution in [0.25, 0.3) is 11.2 Å². The number of nitrogens with two attached hydrogens (primary N) is 1. The van der Waals surface area contributed by atoms with Gasteiger partial charge in [0.05, 0.1) is 6.33 Å². The van der Waals surface area contributed by atoms with Crippen molar-refractivity contribution in [3.05, 3.63) is 12.7 Å². The largest absolute Gasteiger partial charge is 0.382 e. The van der Waals surface area contributed by atoms with Gasteiger partial charge in [-0.3, -0.25) is 9.47 Å². The van der Waals surface area contributed by atoms with Gasteiger partial charge in [-0.2, -0.15) is 0 Å². The van der Waals surface area contributed by atoms with Crippen molar-refractivity contribution in [3.63, 3.8) is 0 Å². The summed E-state index contributed by atoms with van der Waals surface area (Å²) in [5, 5.41) is 0. The van der Waals surface area contributed by atoms with Gasteiger partial charge >= 0.3 is 0 Å². The number of rotatable bonds is 8. The molecule has 2 aliphatic rings. The Morgan fingerprint density at radius 2 is 2.06 bits per heavy atom. The Bertz CT molecular complexity index is 926. The molecule has 3 atom stereocenters. The van der Waals surface area contributed by atoms with Crippen LogP contribution in [-0.2, 0) is 19.0 Å². The predicted octanol–water partition coefficient (Wildman–Crippen LogP) is 1.76. The minimum atomic E-state index is -0.803. The Hall–Kier alpha value is -2.14. The molecule has 1 saturated carbocycles. The summed E-state index contributed by atoms with van der Waals surface area (Å²) in [6, 6.07) is 0.675. The van der Waals surface area contributed by atoms with Crippen molar-refractivity contribution in [2.24, 2.45) is 5.92 Å². The average molecular weight is 433 g/mol. The molecule has 0 unspecified atom stereocenters. The van der Waals surface area contributed by atoms with E-state index in [1.165, 1.54) is 6.33 Å². The van der Waals surface area contributed by atoms with Crippen molar-refractivity contribution < 1.29 is 19.0 Å². The van der Waals surface area contributed by atoms with E-state index in [9.17, 15) is 4.79 Å². The molecule has 31 heavy (non-hydrogen) atoms. The lowest BCUT2D eigenvalue weighted by molar-refractivity contribution is -0.163. The van der Waals surface area contributed by atoms with Crippen LogP contribution in [0.2, 0.25) is 0 Å². The van der Waals surface area contributed by atoms with Crippen LogP contribution in [0.5, 0.6) is 0 Å². The van der Waals surface area contributed by atoms with Gasteiger partial charge in [-0.25, -0.2) is 15.0 Å². The molecule has 0 radical (unpaired) electrons. The number of nitrogen functional groups attached to an aromatic ring is 1. The maximum absolute atomic E-state index is 11.1. The van der Waals surface area contributed by atoms with Crippen LogP contribution in [0.3, 0.4) is 0 Å². The molecule has 4 rings (SSSR count). The van der Waals surface area contributed by atoms with E-state index >= 15 is 0 Å². The van der Waals surface area contributed by atoms with E-state index in [2.05, 4.69) is 33.7 Å². The number of hydrogen-bond acceptors (Lipinski definition) is 9. The molecule has 10 nitrogen and oxygen atoms in total. The van der Waals surface area contributed by atoms with Crippen LogP contribution >= 0.6 is 0 Å². The number of aromatic nitrogens is 4. The molecule has 2 fully saturated rings. The number of anilines is 1. The average Bonchev–Trinajstić information content (AvgIpc) is 3.24. The van der Waals surface area contributed by atoms with Gasteiger partial charge in [0.25, 0.3) is 0 Å². The highest BCUT2D eigenvalue weighted by Crippen LogP contribution is 2.40. The highest BCUT2D eigenvalue weighted by Gasteiger charge is 2.48. The lowest BCUT2D eigenvalue weighted by atomic mass is 9.79. The molecule has 170 valence electrons. The van der Waals surface area contributed by atoms with Gasteiger partial charge in [-0.05, 0) is 40.5 Å². The highest BCUT2D eigenvalue weighted by atomic mass is 16.8. The van der Waals surface area contributed by atoms with E-state index in [0.717, 1.165) is 19.1 Å². The molecule has 1 aliphatic carbocycles. The third-order valence-corrected chi connectivity index (χ3v) is 6.30. The fourth-order valence-corrected chi connectivity index (χ4v) is 4.62. The second-order valence-corrected chi connectivity index (χ2v) is 9.16. The molecule has 3 heterocycles. The maximum Gasteiger partial charge on any atom is 0.169 e. The molecule has 0 bridgehead atoms. The third-order valence-electron chi connectivity index (χ3n) is 6.30. The maximum atomic E-state index is 11.1. The number of carbonyl (C=O) groups excluding carboxylic acids is 1. The van der Waals surface area contributed by atoms with E-state index < -0.39 is 18.1 Å². The van der Waals surface area contributed by atoms with Crippen molar-refractivity contribution in [2.75, 3.05) is 19.4 Å². The summed E-state index contributed by atoms with van der Waals surface area (Å²) in [6.07, 6.45) is 4.77. The van der Waals surface area contributed by atoms with Crippen molar-refractivity contribution in [1.82, 2.24) is 24.4 Å². The summed E-state index contributed by atoms with van der Waals surface area (Å²) < 4.78 is 20.4. The normalized spacial score (nSPS) is 28.9. The minimum absolute atomic E-state index is 0.160. The fourth-order valence-electron chi connectivity index (χ4n) is 4.62. The summed E-state index contributed by atoms with van der Waals surface area (Å²) in [5.74, 6) is -0.321. The Morgan fingerprint density at radius 1 is 1.32 bits per heavy atom. The zero-order chi connectivity index (χ0) is 22.3. The topological polar surface area (TPSA) is 118 Å². The number of fused-ring (bicyclic) bond motifs is 1. The monoisotopic (exact) mass is 432 g/mol. The summed E-state index contributed by atoms with van der Waals surface area (Å²) in [4.78, 5) is 26.2. The first-order valence-corrected chi connectivity index (χ1v) is 10.8. The molecule has 1 saturated heterocycles. The lowest BCUT2D eigenvalue weighted by Crippen LogP contribution is -2.53. The zero-order valence-corrected chi connectivity index (χ0v) is 18.8. The van der Waals surface area contributed by atoms with Crippen LogP contribution in [0, 0.1) is 5.92 Å². The second-order valence-electron chi connectivity index (χ2n) is 9.16. The van der Waals surface area contributed by atoms with Crippen LogP contribution < -0.4 is 5.73 Å². The van der Waals surface area contributed by atoms with Crippen LogP contribution in [0.1, 0.15) is 46.8 Å². The van der Waals surface area contributed by atoms with Gasteiger partial charge in [0.15, 0.2) is 23.5 Å². The highest BCUT2D eigenvalue weighted by molar-refractivity contribution is 5.81. The molecule has 2 aromatic rings. The molecule has 2 N–H and O–H groups in total. The predicted molar refractivity (Wildman–Crippen MR) is 114 cm³/mol. The first-order valence-electron chi connectivity index (χ1n) is 10.8. The van der Waals surface area contributed by atoms with Gasteiger partial charge < -0.3 is 24.7 Å². The molecule has 2 aromatic heterocycles. The summed E-state index contributed by atoms with van der Waals surface area (Å²) in [7, 11) is 1.69. The Labute approximate surface area is 182 Å². The summed E-state index contributed by atoms with van der Waals surface area (Å²) in [6.45, 7) is 8.76. The molecule has 10 heteroatoms. The number of nitrogens with zero attached hydrogens (tertiary/aromatic N) is 5. The van der Waals surface area contributed by atoms with Crippen molar-refractivity contribution in [1.29, 1.82) is 0 Å². The number of hydrogen-bond donors (Lipinski definition) is 1. The standard InChI is InChI=1S/C21H32N6O4/c1-12(2)26(14-6-13(7-14)9-28)8-15(29-5)17-20(31-21(3,4)30-17)27-11-25-16-18(22)23-10-24-19(16)27/h9-15,17,20H,6-8H2,1-5H3,(H2,22,23,24)/t13-,14+,15-,17-,20-/m1/s1. The number of ether oxygens (including phenoxy) is 3. The molecule has 0 aromatic carbocycles. The molecule has 0 amide bonds. The van der Waals surface area contributed by atoms with Crippen molar-refractivity contribution in [2.45, 2.75) is 76.8 Å². The number of methoxy groups -OCH3 is 1. The van der Waals surface area contributed by atoms with E-state index in [1.807, 2.05) is 18.4 Å². The fraction of sp³-hybridized carbons (Fsp3) is 0.714. The molecular weight excluding hydrogens is 400 g/mol. The van der Waals surface area contributed by atoms with Gasteiger partial charge in [0, 0.05) is 31.7 Å². The molecule has 1 aliphatic heterocycles. The summed E-state index contributed by atoms with van der Waals surface area (Å²) >= 11 is 0. The van der Waals surface area contributed by atoms with Crippen molar-refractivity contribution >= 4 is 23.3 Å². The summed E-state index contributed by atoms with van der Waals surface area (Å²) in [5.41, 5.74) is 7.08. The second kappa shape index (κ2) is 8.42. The number of aldehydes is 1. The Balaban J connectivity index is 1.61. The Kier molecular flexibility index (Phi) is 5.99. The van der Waals surface area contributed by atoms with E-state index in [1.54, 1.807) is 13.4 Å². The first kappa shape index (κ1) is 22.1. The Morgan fingerprint density at radius 3 is 2.71 bits per heavy atom. The SMILES string of the molecule is CO[C@H](CN(C(C)C)[C@H]1C[C@@H](C=O)C1)[C@H]1OC(C)(C)O[C@H]1n1cnc2c(N)ncnc21. The van der Waals surface area contributed by atoms with Gasteiger partial charge in [0.1, 0.15) is 30.3 Å². The van der Waals surface area contributed by atoms with Crippen LogP contribution in [0.4, 0.5) is 5.82 Å². The molecule has 0 spiro atoms. The van der Waals surface area contributed by atoms with Crippen LogP contribution in [0.15, 0.2) is 12.7 Å². The third kappa shape index (κ3) is 4.17. The van der Waals surface area contributed by atoms with Crippen molar-refractivity contribution in [3.8, 4) is 0 Å². The molecular formula is C21H32N6O4. The van der Waals surface area contributed by atoms with Crippen LogP contribution in [-0.4, -0.2) is 74.4 Å². The first-order chi connectivity index (χ1) is 14.7.